The first kappa shape index (κ1) is 18.7. The van der Waals surface area contributed by atoms with E-state index in [1.54, 1.807) is 16.8 Å². The number of rotatable bonds is 3. The fourth-order valence-electron chi connectivity index (χ4n) is 3.65. The van der Waals surface area contributed by atoms with Gasteiger partial charge in [0.1, 0.15) is 8.67 Å². The highest BCUT2D eigenvalue weighted by atomic mass is 35.5. The predicted molar refractivity (Wildman–Crippen MR) is 106 cm³/mol. The summed E-state index contributed by atoms with van der Waals surface area (Å²) in [4.78, 5) is 28.8. The SMILES string of the molecule is CN(C(=O)C1CC1(Cl)Cl)c1cccc2c1CCCN2C(=O)C1CC1(Cl)Cl. The average Bonchev–Trinajstić information content (AvgIpc) is 3.45. The summed E-state index contributed by atoms with van der Waals surface area (Å²) in [5, 5.41) is 0. The van der Waals surface area contributed by atoms with Crippen LogP contribution < -0.4 is 9.80 Å². The van der Waals surface area contributed by atoms with Gasteiger partial charge in [0.15, 0.2) is 0 Å². The minimum absolute atomic E-state index is 0.0511. The molecule has 2 unspecified atom stereocenters. The Morgan fingerprint density at radius 3 is 2.31 bits per heavy atom. The van der Waals surface area contributed by atoms with Crippen LogP contribution in [-0.2, 0) is 16.0 Å². The van der Waals surface area contributed by atoms with Crippen molar-refractivity contribution in [3.05, 3.63) is 23.8 Å². The Bertz CT molecular complexity index is 781. The number of nitrogens with zero attached hydrogens (tertiary/aromatic N) is 2. The molecule has 2 atom stereocenters. The van der Waals surface area contributed by atoms with Crippen molar-refractivity contribution in [3.63, 3.8) is 0 Å². The van der Waals surface area contributed by atoms with E-state index in [1.807, 2.05) is 18.2 Å². The van der Waals surface area contributed by atoms with E-state index in [9.17, 15) is 9.59 Å². The Morgan fingerprint density at radius 1 is 1.12 bits per heavy atom. The fraction of sp³-hybridized carbons (Fsp3) is 0.556. The molecule has 1 aromatic carbocycles. The number of hydrogen-bond donors (Lipinski definition) is 0. The van der Waals surface area contributed by atoms with Gasteiger partial charge in [0.25, 0.3) is 0 Å². The Kier molecular flexibility index (Phi) is 4.43. The van der Waals surface area contributed by atoms with E-state index in [-0.39, 0.29) is 23.7 Å². The van der Waals surface area contributed by atoms with E-state index in [0.717, 1.165) is 29.8 Å². The molecule has 0 saturated heterocycles. The van der Waals surface area contributed by atoms with Gasteiger partial charge in [-0.2, -0.15) is 0 Å². The molecule has 4 nitrogen and oxygen atoms in total. The minimum atomic E-state index is -0.960. The number of fused-ring (bicyclic) bond motifs is 1. The standard InChI is InChI=1S/C18H18Cl4N2O2/c1-23(15(25)11-8-17(11,19)20)13-5-2-6-14-10(13)4-3-7-24(14)16(26)12-9-18(12,21)22/h2,5-6,11-12H,3-4,7-9H2,1H3. The molecular weight excluding hydrogens is 418 g/mol. The van der Waals surface area contributed by atoms with Gasteiger partial charge in [0, 0.05) is 25.0 Å². The maximum atomic E-state index is 12.8. The summed E-state index contributed by atoms with van der Waals surface area (Å²) < 4.78 is -1.91. The molecule has 2 saturated carbocycles. The molecule has 1 heterocycles. The van der Waals surface area contributed by atoms with Gasteiger partial charge in [-0.15, -0.1) is 46.4 Å². The van der Waals surface area contributed by atoms with Gasteiger partial charge in [-0.05, 0) is 43.4 Å². The Morgan fingerprint density at radius 2 is 1.73 bits per heavy atom. The Balaban J connectivity index is 1.62. The zero-order valence-corrected chi connectivity index (χ0v) is 17.2. The van der Waals surface area contributed by atoms with Gasteiger partial charge >= 0.3 is 0 Å². The van der Waals surface area contributed by atoms with Crippen molar-refractivity contribution < 1.29 is 9.59 Å². The molecule has 3 aliphatic rings. The van der Waals surface area contributed by atoms with E-state index in [2.05, 4.69) is 0 Å². The van der Waals surface area contributed by atoms with Gasteiger partial charge in [-0.1, -0.05) is 6.07 Å². The van der Waals surface area contributed by atoms with Crippen molar-refractivity contribution >= 4 is 69.6 Å². The molecule has 4 rings (SSSR count). The van der Waals surface area contributed by atoms with Gasteiger partial charge in [-0.3, -0.25) is 9.59 Å². The monoisotopic (exact) mass is 434 g/mol. The molecule has 0 N–H and O–H groups in total. The molecule has 2 aliphatic carbocycles. The van der Waals surface area contributed by atoms with Gasteiger partial charge < -0.3 is 9.80 Å². The lowest BCUT2D eigenvalue weighted by atomic mass is 9.98. The second-order valence-electron chi connectivity index (χ2n) is 7.30. The van der Waals surface area contributed by atoms with Crippen LogP contribution in [0.2, 0.25) is 0 Å². The second-order valence-corrected chi connectivity index (χ2v) is 10.4. The van der Waals surface area contributed by atoms with Crippen LogP contribution in [0, 0.1) is 11.8 Å². The maximum Gasteiger partial charge on any atom is 0.233 e. The molecule has 0 radical (unpaired) electrons. The van der Waals surface area contributed by atoms with Crippen LogP contribution in [0.3, 0.4) is 0 Å². The van der Waals surface area contributed by atoms with E-state index < -0.39 is 8.67 Å². The van der Waals surface area contributed by atoms with Crippen molar-refractivity contribution in [2.75, 3.05) is 23.4 Å². The fourth-order valence-corrected chi connectivity index (χ4v) is 4.64. The van der Waals surface area contributed by atoms with Crippen molar-refractivity contribution in [3.8, 4) is 0 Å². The number of halogens is 4. The van der Waals surface area contributed by atoms with E-state index in [0.29, 0.717) is 19.4 Å². The third-order valence-electron chi connectivity index (χ3n) is 5.43. The number of carbonyl (C=O) groups is 2. The number of amides is 2. The number of carbonyl (C=O) groups excluding carboxylic acids is 2. The number of alkyl halides is 4. The normalized spacial score (nSPS) is 27.5. The number of benzene rings is 1. The highest BCUT2D eigenvalue weighted by Gasteiger charge is 2.58. The summed E-state index contributed by atoms with van der Waals surface area (Å²) in [6, 6.07) is 5.65. The molecule has 0 bridgehead atoms. The Hall–Kier alpha value is -0.680. The highest BCUT2D eigenvalue weighted by molar-refractivity contribution is 6.53. The van der Waals surface area contributed by atoms with E-state index in [1.165, 1.54) is 0 Å². The van der Waals surface area contributed by atoms with Crippen LogP contribution in [0.1, 0.15) is 24.8 Å². The van der Waals surface area contributed by atoms with Crippen LogP contribution in [0.5, 0.6) is 0 Å². The number of hydrogen-bond acceptors (Lipinski definition) is 2. The first-order chi connectivity index (χ1) is 12.1. The lowest BCUT2D eigenvalue weighted by Crippen LogP contribution is -2.38. The summed E-state index contributed by atoms with van der Waals surface area (Å²) >= 11 is 24.3. The average molecular weight is 436 g/mol. The third-order valence-corrected chi connectivity index (χ3v) is 7.10. The minimum Gasteiger partial charge on any atom is -0.315 e. The van der Waals surface area contributed by atoms with Crippen molar-refractivity contribution in [1.29, 1.82) is 0 Å². The van der Waals surface area contributed by atoms with Crippen molar-refractivity contribution in [2.24, 2.45) is 11.8 Å². The second kappa shape index (κ2) is 6.16. The van der Waals surface area contributed by atoms with Crippen LogP contribution in [0.25, 0.3) is 0 Å². The predicted octanol–water partition coefficient (Wildman–Crippen LogP) is 4.32. The van der Waals surface area contributed by atoms with Crippen LogP contribution in [0.15, 0.2) is 18.2 Å². The Labute approximate surface area is 172 Å². The van der Waals surface area contributed by atoms with Crippen LogP contribution in [0.4, 0.5) is 11.4 Å². The maximum absolute atomic E-state index is 12.8. The molecule has 0 aromatic heterocycles. The summed E-state index contributed by atoms with van der Waals surface area (Å²) in [6.07, 6.45) is 2.56. The largest absolute Gasteiger partial charge is 0.315 e. The molecule has 8 heteroatoms. The summed E-state index contributed by atoms with van der Waals surface area (Å²) in [6.45, 7) is 0.627. The van der Waals surface area contributed by atoms with Gasteiger partial charge in [-0.25, -0.2) is 0 Å². The van der Waals surface area contributed by atoms with E-state index >= 15 is 0 Å². The van der Waals surface area contributed by atoms with E-state index in [4.69, 9.17) is 46.4 Å². The van der Waals surface area contributed by atoms with Crippen LogP contribution >= 0.6 is 46.4 Å². The molecule has 0 spiro atoms. The number of anilines is 2. The summed E-state index contributed by atoms with van der Waals surface area (Å²) in [5.74, 6) is -0.897. The topological polar surface area (TPSA) is 40.6 Å². The van der Waals surface area contributed by atoms with Crippen molar-refractivity contribution in [2.45, 2.75) is 34.3 Å². The first-order valence-electron chi connectivity index (χ1n) is 8.60. The quantitative estimate of drug-likeness (QED) is 0.663. The highest BCUT2D eigenvalue weighted by Crippen LogP contribution is 2.55. The molecule has 1 aliphatic heterocycles. The van der Waals surface area contributed by atoms with Gasteiger partial charge in [0.2, 0.25) is 11.8 Å². The molecule has 1 aromatic rings. The summed E-state index contributed by atoms with van der Waals surface area (Å²) in [7, 11) is 1.73. The van der Waals surface area contributed by atoms with Crippen LogP contribution in [-0.4, -0.2) is 34.1 Å². The molecule has 2 fully saturated rings. The third kappa shape index (κ3) is 3.09. The lowest BCUT2D eigenvalue weighted by molar-refractivity contribution is -0.120. The molecule has 140 valence electrons. The smallest absolute Gasteiger partial charge is 0.233 e. The molecular formula is C18H18Cl4N2O2. The van der Waals surface area contributed by atoms with Gasteiger partial charge in [0.05, 0.1) is 11.8 Å². The first-order valence-corrected chi connectivity index (χ1v) is 10.1. The lowest BCUT2D eigenvalue weighted by Gasteiger charge is -2.33. The van der Waals surface area contributed by atoms with Crippen molar-refractivity contribution in [1.82, 2.24) is 0 Å². The summed E-state index contributed by atoms with van der Waals surface area (Å²) in [5.41, 5.74) is 2.60. The molecule has 26 heavy (non-hydrogen) atoms. The zero-order chi connectivity index (χ0) is 18.9. The zero-order valence-electron chi connectivity index (χ0n) is 14.1. The molecule has 2 amide bonds.